The van der Waals surface area contributed by atoms with Crippen molar-refractivity contribution in [3.05, 3.63) is 47.8 Å². The molecule has 1 aromatic rings. The van der Waals surface area contributed by atoms with E-state index in [1.807, 2.05) is 0 Å². The number of rotatable bonds is 4. The first-order valence-electron chi connectivity index (χ1n) is 8.38. The van der Waals surface area contributed by atoms with Gasteiger partial charge in [0, 0.05) is 30.4 Å². The van der Waals surface area contributed by atoms with Gasteiger partial charge in [-0.05, 0) is 49.6 Å². The van der Waals surface area contributed by atoms with Crippen molar-refractivity contribution in [2.24, 2.45) is 17.8 Å². The smallest absolute Gasteiger partial charge is 0.164 e. The molecule has 23 heavy (non-hydrogen) atoms. The summed E-state index contributed by atoms with van der Waals surface area (Å²) in [6.07, 6.45) is 6.79. The van der Waals surface area contributed by atoms with Crippen LogP contribution < -0.4 is 0 Å². The second kappa shape index (κ2) is 5.68. The molecule has 1 saturated heterocycles. The average molecular weight is 313 g/mol. The molecule has 0 amide bonds. The van der Waals surface area contributed by atoms with Crippen molar-refractivity contribution in [3.63, 3.8) is 0 Å². The molecule has 4 bridgehead atoms. The number of piperidine rings is 1. The van der Waals surface area contributed by atoms with E-state index in [4.69, 9.17) is 0 Å². The standard InChI is InChI=1S/C19H20FNO2/c20-15-5-3-12(4-6-15)17(22)8-10-21-9-7-16-13-1-2-14(11-13)18(21)19(16)23/h1-6,13-14,16,18H,7-11H2/t13-,14-,16+,18-/m0/s1. The lowest BCUT2D eigenvalue weighted by atomic mass is 9.70. The zero-order chi connectivity index (χ0) is 16.0. The SMILES string of the molecule is O=C(CCN1CC[C@H]2C(=O)[C@@H]1[C@H]1C=C[C@H]2C1)c1ccc(F)cc1. The van der Waals surface area contributed by atoms with E-state index >= 15 is 0 Å². The molecule has 2 aliphatic carbocycles. The quantitative estimate of drug-likeness (QED) is 0.633. The minimum absolute atomic E-state index is 0.00947. The van der Waals surface area contributed by atoms with Crippen LogP contribution in [0.4, 0.5) is 4.39 Å². The fourth-order valence-electron chi connectivity index (χ4n) is 4.46. The van der Waals surface area contributed by atoms with Gasteiger partial charge in [-0.1, -0.05) is 12.2 Å². The molecule has 0 aromatic heterocycles. The van der Waals surface area contributed by atoms with Crippen LogP contribution in [0.2, 0.25) is 0 Å². The van der Waals surface area contributed by atoms with Gasteiger partial charge in [-0.25, -0.2) is 4.39 Å². The minimum atomic E-state index is -0.334. The van der Waals surface area contributed by atoms with Crippen molar-refractivity contribution in [1.82, 2.24) is 4.90 Å². The van der Waals surface area contributed by atoms with E-state index in [0.29, 0.717) is 36.1 Å². The third-order valence-corrected chi connectivity index (χ3v) is 5.64. The number of nitrogens with zero attached hydrogens (tertiary/aromatic N) is 1. The predicted molar refractivity (Wildman–Crippen MR) is 84.6 cm³/mol. The number of hydrogen-bond acceptors (Lipinski definition) is 3. The highest BCUT2D eigenvalue weighted by Crippen LogP contribution is 2.44. The zero-order valence-electron chi connectivity index (χ0n) is 13.0. The Morgan fingerprint density at radius 2 is 1.91 bits per heavy atom. The van der Waals surface area contributed by atoms with Gasteiger partial charge < -0.3 is 0 Å². The van der Waals surface area contributed by atoms with E-state index in [-0.39, 0.29) is 23.6 Å². The van der Waals surface area contributed by atoms with Crippen molar-refractivity contribution < 1.29 is 14.0 Å². The number of carbonyl (C=O) groups is 2. The third-order valence-electron chi connectivity index (χ3n) is 5.64. The topological polar surface area (TPSA) is 37.4 Å². The lowest BCUT2D eigenvalue weighted by Gasteiger charge is -2.45. The zero-order valence-corrected chi connectivity index (χ0v) is 13.0. The maximum absolute atomic E-state index is 12.9. The lowest BCUT2D eigenvalue weighted by molar-refractivity contribution is -0.138. The third kappa shape index (κ3) is 2.55. The number of ketones is 2. The number of hydrogen-bond donors (Lipinski definition) is 0. The average Bonchev–Trinajstić information content (AvgIpc) is 2.99. The van der Waals surface area contributed by atoms with Crippen molar-refractivity contribution in [2.45, 2.75) is 25.3 Å². The van der Waals surface area contributed by atoms with Crippen LogP contribution in [0.15, 0.2) is 36.4 Å². The number of likely N-dealkylation sites (tertiary alicyclic amines) is 1. The van der Waals surface area contributed by atoms with E-state index in [1.165, 1.54) is 24.3 Å². The van der Waals surface area contributed by atoms with Gasteiger partial charge in [0.05, 0.1) is 6.04 Å². The molecule has 3 nitrogen and oxygen atoms in total. The highest BCUT2D eigenvalue weighted by molar-refractivity contribution is 5.96. The van der Waals surface area contributed by atoms with Crippen molar-refractivity contribution in [2.75, 3.05) is 13.1 Å². The maximum Gasteiger partial charge on any atom is 0.164 e. The molecular weight excluding hydrogens is 293 g/mol. The Bertz CT molecular complexity index is 666. The number of benzene rings is 1. The van der Waals surface area contributed by atoms with Gasteiger partial charge in [0.1, 0.15) is 5.82 Å². The van der Waals surface area contributed by atoms with Gasteiger partial charge >= 0.3 is 0 Å². The highest BCUT2D eigenvalue weighted by Gasteiger charge is 2.49. The lowest BCUT2D eigenvalue weighted by Crippen LogP contribution is -2.56. The first kappa shape index (κ1) is 14.8. The number of halogens is 1. The van der Waals surface area contributed by atoms with E-state index < -0.39 is 0 Å². The van der Waals surface area contributed by atoms with Crippen LogP contribution in [0.25, 0.3) is 0 Å². The molecule has 4 atom stereocenters. The summed E-state index contributed by atoms with van der Waals surface area (Å²) in [5, 5.41) is 0. The van der Waals surface area contributed by atoms with Crippen molar-refractivity contribution in [3.8, 4) is 0 Å². The van der Waals surface area contributed by atoms with Gasteiger partial charge in [0.15, 0.2) is 11.6 Å². The molecule has 0 spiro atoms. The second-order valence-corrected chi connectivity index (χ2v) is 6.91. The monoisotopic (exact) mass is 313 g/mol. The summed E-state index contributed by atoms with van der Waals surface area (Å²) < 4.78 is 12.9. The van der Waals surface area contributed by atoms with Crippen molar-refractivity contribution in [1.29, 1.82) is 0 Å². The Morgan fingerprint density at radius 1 is 1.17 bits per heavy atom. The van der Waals surface area contributed by atoms with Gasteiger partial charge in [-0.2, -0.15) is 0 Å². The van der Waals surface area contributed by atoms with Gasteiger partial charge in [0.25, 0.3) is 0 Å². The minimum Gasteiger partial charge on any atom is -0.298 e. The van der Waals surface area contributed by atoms with Crippen LogP contribution in [-0.2, 0) is 4.79 Å². The highest BCUT2D eigenvalue weighted by atomic mass is 19.1. The molecule has 1 aliphatic heterocycles. The summed E-state index contributed by atoms with van der Waals surface area (Å²) in [6, 6.07) is 5.64. The molecular formula is C19H20FNO2. The maximum atomic E-state index is 12.9. The van der Waals surface area contributed by atoms with E-state index in [2.05, 4.69) is 17.1 Å². The van der Waals surface area contributed by atoms with Crippen LogP contribution in [0.1, 0.15) is 29.6 Å². The number of Topliss-reactive ketones (excluding diaryl/α,β-unsaturated/α-hetero) is 2. The molecule has 4 rings (SSSR count). The molecule has 120 valence electrons. The van der Waals surface area contributed by atoms with Crippen LogP contribution >= 0.6 is 0 Å². The van der Waals surface area contributed by atoms with Gasteiger partial charge in [-0.3, -0.25) is 14.5 Å². The van der Waals surface area contributed by atoms with E-state index in [9.17, 15) is 14.0 Å². The van der Waals surface area contributed by atoms with Gasteiger partial charge in [0.2, 0.25) is 0 Å². The summed E-state index contributed by atoms with van der Waals surface area (Å²) in [7, 11) is 0. The van der Waals surface area contributed by atoms with Crippen LogP contribution in [0.5, 0.6) is 0 Å². The Balaban J connectivity index is 1.43. The normalized spacial score (nSPS) is 32.3. The van der Waals surface area contributed by atoms with Crippen LogP contribution in [-0.4, -0.2) is 35.6 Å². The fraction of sp³-hybridized carbons (Fsp3) is 0.474. The molecule has 0 N–H and O–H groups in total. The Hall–Kier alpha value is -1.81. The number of fused-ring (bicyclic) bond motifs is 6. The largest absolute Gasteiger partial charge is 0.298 e. The molecule has 4 heteroatoms. The number of carbonyl (C=O) groups excluding carboxylic acids is 2. The van der Waals surface area contributed by atoms with E-state index in [0.717, 1.165) is 19.4 Å². The first-order valence-corrected chi connectivity index (χ1v) is 8.38. The molecule has 0 unspecified atom stereocenters. The van der Waals surface area contributed by atoms with Crippen LogP contribution in [0, 0.1) is 23.6 Å². The first-order chi connectivity index (χ1) is 11.1. The predicted octanol–water partition coefficient (Wildman–Crippen LogP) is 2.86. The molecule has 1 aromatic carbocycles. The van der Waals surface area contributed by atoms with Crippen molar-refractivity contribution >= 4 is 11.6 Å². The summed E-state index contributed by atoms with van der Waals surface area (Å²) >= 11 is 0. The molecule has 3 aliphatic rings. The second-order valence-electron chi connectivity index (χ2n) is 6.91. The van der Waals surface area contributed by atoms with E-state index in [1.54, 1.807) is 0 Å². The molecule has 0 radical (unpaired) electrons. The summed E-state index contributed by atoms with van der Waals surface area (Å²) in [5.41, 5.74) is 0.539. The molecule has 1 saturated carbocycles. The molecule has 2 fully saturated rings. The Kier molecular flexibility index (Phi) is 3.64. The fourth-order valence-corrected chi connectivity index (χ4v) is 4.46. The summed E-state index contributed by atoms with van der Waals surface area (Å²) in [5.74, 6) is 1.02. The molecule has 1 heterocycles. The van der Waals surface area contributed by atoms with Crippen LogP contribution in [0.3, 0.4) is 0 Å². The summed E-state index contributed by atoms with van der Waals surface area (Å²) in [6.45, 7) is 1.50. The Morgan fingerprint density at radius 3 is 2.70 bits per heavy atom. The Labute approximate surface area is 135 Å². The van der Waals surface area contributed by atoms with Gasteiger partial charge in [-0.15, -0.1) is 0 Å². The summed E-state index contributed by atoms with van der Waals surface area (Å²) in [4.78, 5) is 27.1. The number of allylic oxidation sites excluding steroid dienone is 1.